The molecule has 0 aliphatic rings. The van der Waals surface area contributed by atoms with E-state index < -0.39 is 0 Å². The first-order valence-electron chi connectivity index (χ1n) is 7.91. The SMILES string of the molecule is COc1cc(CCNC(=O)COc2ccccc2)cc(OC)c1OC. The normalized spacial score (nSPS) is 10.0. The van der Waals surface area contributed by atoms with Crippen LogP contribution in [0.15, 0.2) is 42.5 Å². The Balaban J connectivity index is 1.85. The number of hydrogen-bond donors (Lipinski definition) is 1. The molecule has 6 nitrogen and oxygen atoms in total. The molecule has 0 heterocycles. The van der Waals surface area contributed by atoms with Crippen molar-refractivity contribution >= 4 is 5.91 Å². The van der Waals surface area contributed by atoms with E-state index in [1.165, 1.54) is 0 Å². The molecule has 0 aliphatic heterocycles. The second-order valence-electron chi connectivity index (χ2n) is 5.24. The molecule has 0 unspecified atom stereocenters. The predicted molar refractivity (Wildman–Crippen MR) is 94.7 cm³/mol. The number of ether oxygens (including phenoxy) is 4. The Morgan fingerprint density at radius 1 is 0.960 bits per heavy atom. The Labute approximate surface area is 147 Å². The number of hydrogen-bond acceptors (Lipinski definition) is 5. The minimum absolute atomic E-state index is 0.0146. The lowest BCUT2D eigenvalue weighted by atomic mass is 10.1. The smallest absolute Gasteiger partial charge is 0.257 e. The average molecular weight is 345 g/mol. The highest BCUT2D eigenvalue weighted by Gasteiger charge is 2.13. The van der Waals surface area contributed by atoms with Crippen molar-refractivity contribution in [2.75, 3.05) is 34.5 Å². The van der Waals surface area contributed by atoms with E-state index in [0.29, 0.717) is 36.0 Å². The van der Waals surface area contributed by atoms with E-state index in [1.54, 1.807) is 21.3 Å². The Bertz CT molecular complexity index is 662. The first kappa shape index (κ1) is 18.4. The van der Waals surface area contributed by atoms with Gasteiger partial charge < -0.3 is 24.3 Å². The summed E-state index contributed by atoms with van der Waals surface area (Å²) in [6.07, 6.45) is 0.633. The van der Waals surface area contributed by atoms with E-state index in [0.717, 1.165) is 5.56 Å². The molecule has 0 saturated heterocycles. The summed E-state index contributed by atoms with van der Waals surface area (Å²) in [4.78, 5) is 11.8. The van der Waals surface area contributed by atoms with Crippen molar-refractivity contribution in [2.24, 2.45) is 0 Å². The molecule has 1 amide bonds. The van der Waals surface area contributed by atoms with Crippen molar-refractivity contribution in [2.45, 2.75) is 6.42 Å². The van der Waals surface area contributed by atoms with Crippen LogP contribution in [0.25, 0.3) is 0 Å². The number of carbonyl (C=O) groups is 1. The lowest BCUT2D eigenvalue weighted by molar-refractivity contribution is -0.123. The van der Waals surface area contributed by atoms with E-state index in [1.807, 2.05) is 42.5 Å². The maximum absolute atomic E-state index is 11.8. The molecule has 2 aromatic carbocycles. The number of para-hydroxylation sites is 1. The van der Waals surface area contributed by atoms with E-state index in [9.17, 15) is 4.79 Å². The van der Waals surface area contributed by atoms with Gasteiger partial charge in [0.2, 0.25) is 5.75 Å². The van der Waals surface area contributed by atoms with Crippen molar-refractivity contribution in [3.05, 3.63) is 48.0 Å². The summed E-state index contributed by atoms with van der Waals surface area (Å²) in [7, 11) is 4.71. The van der Waals surface area contributed by atoms with Gasteiger partial charge in [0.1, 0.15) is 5.75 Å². The highest BCUT2D eigenvalue weighted by molar-refractivity contribution is 5.77. The summed E-state index contributed by atoms with van der Waals surface area (Å²) in [6.45, 7) is 0.467. The van der Waals surface area contributed by atoms with Gasteiger partial charge in [0.15, 0.2) is 18.1 Å². The maximum Gasteiger partial charge on any atom is 0.257 e. The van der Waals surface area contributed by atoms with Gasteiger partial charge in [-0.3, -0.25) is 4.79 Å². The van der Waals surface area contributed by atoms with Crippen LogP contribution >= 0.6 is 0 Å². The molecular formula is C19H23NO5. The number of methoxy groups -OCH3 is 3. The molecule has 134 valence electrons. The monoisotopic (exact) mass is 345 g/mol. The molecule has 1 N–H and O–H groups in total. The first-order valence-corrected chi connectivity index (χ1v) is 7.91. The minimum atomic E-state index is -0.170. The van der Waals surface area contributed by atoms with Gasteiger partial charge in [0.25, 0.3) is 5.91 Å². The zero-order valence-electron chi connectivity index (χ0n) is 14.7. The van der Waals surface area contributed by atoms with Gasteiger partial charge in [-0.2, -0.15) is 0 Å². The minimum Gasteiger partial charge on any atom is -0.493 e. The molecule has 0 aromatic heterocycles. The summed E-state index contributed by atoms with van der Waals surface area (Å²) in [5.41, 5.74) is 0.971. The van der Waals surface area contributed by atoms with Gasteiger partial charge in [0.05, 0.1) is 21.3 Å². The van der Waals surface area contributed by atoms with Crippen molar-refractivity contribution in [3.63, 3.8) is 0 Å². The van der Waals surface area contributed by atoms with Crippen molar-refractivity contribution in [1.82, 2.24) is 5.32 Å². The number of carbonyl (C=O) groups excluding carboxylic acids is 1. The van der Waals surface area contributed by atoms with Gasteiger partial charge in [-0.1, -0.05) is 18.2 Å². The Kier molecular flexibility index (Phi) is 6.95. The molecule has 0 bridgehead atoms. The maximum atomic E-state index is 11.8. The number of amides is 1. The Morgan fingerprint density at radius 2 is 1.60 bits per heavy atom. The van der Waals surface area contributed by atoms with Crippen LogP contribution in [0.2, 0.25) is 0 Å². The molecule has 0 saturated carbocycles. The number of rotatable bonds is 9. The molecule has 6 heteroatoms. The lowest BCUT2D eigenvalue weighted by Crippen LogP contribution is -2.30. The third kappa shape index (κ3) is 5.31. The summed E-state index contributed by atoms with van der Waals surface area (Å²) < 4.78 is 21.3. The van der Waals surface area contributed by atoms with Crippen LogP contribution in [0.4, 0.5) is 0 Å². The Hall–Kier alpha value is -2.89. The van der Waals surface area contributed by atoms with Crippen LogP contribution in [0.3, 0.4) is 0 Å². The van der Waals surface area contributed by atoms with Gasteiger partial charge in [-0.25, -0.2) is 0 Å². The summed E-state index contributed by atoms with van der Waals surface area (Å²) in [5.74, 6) is 2.23. The van der Waals surface area contributed by atoms with Crippen LogP contribution < -0.4 is 24.3 Å². The Morgan fingerprint density at radius 3 is 2.16 bits per heavy atom. The fraction of sp³-hybridized carbons (Fsp3) is 0.316. The summed E-state index contributed by atoms with van der Waals surface area (Å²) in [5, 5.41) is 2.83. The topological polar surface area (TPSA) is 66.0 Å². The van der Waals surface area contributed by atoms with Crippen molar-refractivity contribution < 1.29 is 23.7 Å². The van der Waals surface area contributed by atoms with Crippen LogP contribution in [-0.2, 0) is 11.2 Å². The molecule has 2 aromatic rings. The number of benzene rings is 2. The zero-order chi connectivity index (χ0) is 18.1. The van der Waals surface area contributed by atoms with Gasteiger partial charge in [-0.15, -0.1) is 0 Å². The van der Waals surface area contributed by atoms with Gasteiger partial charge >= 0.3 is 0 Å². The second kappa shape index (κ2) is 9.42. The fourth-order valence-electron chi connectivity index (χ4n) is 2.34. The van der Waals surface area contributed by atoms with E-state index >= 15 is 0 Å². The summed E-state index contributed by atoms with van der Waals surface area (Å²) in [6, 6.07) is 13.0. The third-order valence-electron chi connectivity index (χ3n) is 3.57. The van der Waals surface area contributed by atoms with E-state index in [2.05, 4.69) is 5.32 Å². The average Bonchev–Trinajstić information content (AvgIpc) is 2.66. The highest BCUT2D eigenvalue weighted by Crippen LogP contribution is 2.38. The van der Waals surface area contributed by atoms with E-state index in [4.69, 9.17) is 18.9 Å². The van der Waals surface area contributed by atoms with Crippen molar-refractivity contribution in [3.8, 4) is 23.0 Å². The lowest BCUT2D eigenvalue weighted by Gasteiger charge is -2.14. The largest absolute Gasteiger partial charge is 0.493 e. The van der Waals surface area contributed by atoms with Crippen LogP contribution in [0.5, 0.6) is 23.0 Å². The zero-order valence-corrected chi connectivity index (χ0v) is 14.7. The molecule has 0 spiro atoms. The standard InChI is InChI=1S/C19H23NO5/c1-22-16-11-14(12-17(23-2)19(16)24-3)9-10-20-18(21)13-25-15-7-5-4-6-8-15/h4-8,11-12H,9-10,13H2,1-3H3,(H,20,21). The highest BCUT2D eigenvalue weighted by atomic mass is 16.5. The summed E-state index contributed by atoms with van der Waals surface area (Å²) >= 11 is 0. The molecule has 0 radical (unpaired) electrons. The fourth-order valence-corrected chi connectivity index (χ4v) is 2.34. The first-order chi connectivity index (χ1) is 12.2. The quantitative estimate of drug-likeness (QED) is 0.756. The molecule has 0 aliphatic carbocycles. The van der Waals surface area contributed by atoms with Crippen LogP contribution in [-0.4, -0.2) is 40.4 Å². The van der Waals surface area contributed by atoms with E-state index in [-0.39, 0.29) is 12.5 Å². The molecule has 2 rings (SSSR count). The van der Waals surface area contributed by atoms with Crippen LogP contribution in [0, 0.1) is 0 Å². The van der Waals surface area contributed by atoms with Gasteiger partial charge in [0, 0.05) is 6.54 Å². The third-order valence-corrected chi connectivity index (χ3v) is 3.57. The van der Waals surface area contributed by atoms with Crippen LogP contribution in [0.1, 0.15) is 5.56 Å². The molecular weight excluding hydrogens is 322 g/mol. The van der Waals surface area contributed by atoms with Crippen molar-refractivity contribution in [1.29, 1.82) is 0 Å². The van der Waals surface area contributed by atoms with Gasteiger partial charge in [-0.05, 0) is 36.2 Å². The molecule has 25 heavy (non-hydrogen) atoms. The second-order valence-corrected chi connectivity index (χ2v) is 5.24. The predicted octanol–water partition coefficient (Wildman–Crippen LogP) is 2.45. The molecule has 0 atom stereocenters. The number of nitrogens with one attached hydrogen (secondary N) is 1. The molecule has 0 fully saturated rings.